The zero-order chi connectivity index (χ0) is 12.0. The van der Waals surface area contributed by atoms with E-state index in [4.69, 9.17) is 0 Å². The van der Waals surface area contributed by atoms with E-state index in [0.29, 0.717) is 5.56 Å². The van der Waals surface area contributed by atoms with E-state index in [9.17, 15) is 14.9 Å². The van der Waals surface area contributed by atoms with E-state index in [1.807, 2.05) is 0 Å². The van der Waals surface area contributed by atoms with Gasteiger partial charge in [-0.2, -0.15) is 5.10 Å². The van der Waals surface area contributed by atoms with Crippen LogP contribution in [0.5, 0.6) is 0 Å². The second kappa shape index (κ2) is 5.44. The van der Waals surface area contributed by atoms with E-state index in [1.54, 1.807) is 12.1 Å². The molecule has 0 bridgehead atoms. The second-order valence-corrected chi connectivity index (χ2v) is 2.77. The first kappa shape index (κ1) is 11.6. The molecule has 2 amide bonds. The molecule has 0 aliphatic rings. The third-order valence-electron chi connectivity index (χ3n) is 1.73. The van der Waals surface area contributed by atoms with Crippen LogP contribution in [0, 0.1) is 10.1 Å². The second-order valence-electron chi connectivity index (χ2n) is 2.77. The molecule has 0 spiro atoms. The smallest absolute Gasteiger partial charge is 0.334 e. The van der Waals surface area contributed by atoms with Crippen molar-refractivity contribution in [1.82, 2.24) is 10.7 Å². The van der Waals surface area contributed by atoms with Crippen molar-refractivity contribution in [3.8, 4) is 0 Å². The van der Waals surface area contributed by atoms with Crippen molar-refractivity contribution in [3.63, 3.8) is 0 Å². The highest BCUT2D eigenvalue weighted by molar-refractivity contribution is 5.86. The number of urea groups is 1. The van der Waals surface area contributed by atoms with Gasteiger partial charge in [-0.25, -0.2) is 10.2 Å². The summed E-state index contributed by atoms with van der Waals surface area (Å²) in [5, 5.41) is 16.5. The molecule has 0 aliphatic heterocycles. The Bertz CT molecular complexity index is 431. The largest absolute Gasteiger partial charge is 0.340 e. The Morgan fingerprint density at radius 1 is 1.50 bits per heavy atom. The molecule has 1 aromatic carbocycles. The zero-order valence-corrected chi connectivity index (χ0v) is 8.51. The first-order valence-electron chi connectivity index (χ1n) is 4.39. The molecule has 7 heteroatoms. The predicted molar refractivity (Wildman–Crippen MR) is 58.3 cm³/mol. The van der Waals surface area contributed by atoms with Crippen molar-refractivity contribution in [1.29, 1.82) is 0 Å². The van der Waals surface area contributed by atoms with Crippen LogP contribution < -0.4 is 10.7 Å². The molecule has 0 aromatic heterocycles. The minimum Gasteiger partial charge on any atom is -0.340 e. The van der Waals surface area contributed by atoms with Crippen LogP contribution in [0.3, 0.4) is 0 Å². The van der Waals surface area contributed by atoms with Crippen molar-refractivity contribution >= 4 is 17.9 Å². The number of carbonyl (C=O) groups is 1. The lowest BCUT2D eigenvalue weighted by molar-refractivity contribution is -0.385. The lowest BCUT2D eigenvalue weighted by Crippen LogP contribution is -2.28. The average Bonchev–Trinajstić information content (AvgIpc) is 2.29. The molecule has 0 heterocycles. The van der Waals surface area contributed by atoms with Gasteiger partial charge in [0.1, 0.15) is 0 Å². The SMILES string of the molecule is CNC(=O)N/N=C/c1ccccc1[N+](=O)[O-]. The molecule has 0 saturated carbocycles. The van der Waals surface area contributed by atoms with Gasteiger partial charge < -0.3 is 5.32 Å². The maximum Gasteiger partial charge on any atom is 0.334 e. The minimum atomic E-state index is -0.513. The molecule has 7 nitrogen and oxygen atoms in total. The monoisotopic (exact) mass is 222 g/mol. The zero-order valence-electron chi connectivity index (χ0n) is 8.51. The third kappa shape index (κ3) is 3.05. The summed E-state index contributed by atoms with van der Waals surface area (Å²) in [4.78, 5) is 20.9. The number of hydrogen-bond acceptors (Lipinski definition) is 4. The molecule has 0 atom stereocenters. The Hall–Kier alpha value is -2.44. The van der Waals surface area contributed by atoms with Crippen LogP contribution in [0.2, 0.25) is 0 Å². The number of nitrogens with zero attached hydrogens (tertiary/aromatic N) is 2. The van der Waals surface area contributed by atoms with Gasteiger partial charge in [-0.1, -0.05) is 12.1 Å². The fourth-order valence-corrected chi connectivity index (χ4v) is 0.979. The lowest BCUT2D eigenvalue weighted by Gasteiger charge is -1.97. The highest BCUT2D eigenvalue weighted by atomic mass is 16.6. The third-order valence-corrected chi connectivity index (χ3v) is 1.73. The van der Waals surface area contributed by atoms with Gasteiger partial charge >= 0.3 is 6.03 Å². The van der Waals surface area contributed by atoms with E-state index in [2.05, 4.69) is 15.8 Å². The van der Waals surface area contributed by atoms with Crippen LogP contribution in [0.25, 0.3) is 0 Å². The predicted octanol–water partition coefficient (Wildman–Crippen LogP) is 0.858. The lowest BCUT2D eigenvalue weighted by atomic mass is 10.2. The van der Waals surface area contributed by atoms with Gasteiger partial charge in [-0.15, -0.1) is 0 Å². The van der Waals surface area contributed by atoms with Crippen molar-refractivity contribution < 1.29 is 9.72 Å². The quantitative estimate of drug-likeness (QED) is 0.451. The van der Waals surface area contributed by atoms with E-state index in [-0.39, 0.29) is 5.69 Å². The Morgan fingerprint density at radius 3 is 2.81 bits per heavy atom. The molecule has 0 saturated heterocycles. The molecule has 16 heavy (non-hydrogen) atoms. The summed E-state index contributed by atoms with van der Waals surface area (Å²) in [6.07, 6.45) is 1.22. The molecule has 0 radical (unpaired) electrons. The van der Waals surface area contributed by atoms with Crippen molar-refractivity contribution in [3.05, 3.63) is 39.9 Å². The average molecular weight is 222 g/mol. The number of nitrogens with one attached hydrogen (secondary N) is 2. The Labute approximate surface area is 91.3 Å². The van der Waals surface area contributed by atoms with E-state index >= 15 is 0 Å². The minimum absolute atomic E-state index is 0.0649. The molecule has 84 valence electrons. The number of benzene rings is 1. The number of rotatable bonds is 3. The van der Waals surface area contributed by atoms with Crippen LogP contribution in [0.15, 0.2) is 29.4 Å². The number of nitro groups is 1. The number of nitro benzene ring substituents is 1. The van der Waals surface area contributed by atoms with Gasteiger partial charge in [0, 0.05) is 13.1 Å². The number of carbonyl (C=O) groups excluding carboxylic acids is 1. The molecular weight excluding hydrogens is 212 g/mol. The summed E-state index contributed by atoms with van der Waals surface area (Å²) in [5.74, 6) is 0. The summed E-state index contributed by atoms with van der Waals surface area (Å²) < 4.78 is 0. The standard InChI is InChI=1S/C9H10N4O3/c1-10-9(14)12-11-6-7-4-2-3-5-8(7)13(15)16/h2-6H,1H3,(H2,10,12,14)/b11-6+. The van der Waals surface area contributed by atoms with Crippen LogP contribution in [0.1, 0.15) is 5.56 Å². The van der Waals surface area contributed by atoms with Gasteiger partial charge in [0.15, 0.2) is 0 Å². The molecular formula is C9H10N4O3. The fraction of sp³-hybridized carbons (Fsp3) is 0.111. The van der Waals surface area contributed by atoms with Gasteiger partial charge in [0.25, 0.3) is 5.69 Å². The van der Waals surface area contributed by atoms with Crippen LogP contribution in [0.4, 0.5) is 10.5 Å². The first-order chi connectivity index (χ1) is 7.65. The van der Waals surface area contributed by atoms with Crippen molar-refractivity contribution in [2.75, 3.05) is 7.05 Å². The molecule has 0 aliphatic carbocycles. The molecule has 0 fully saturated rings. The van der Waals surface area contributed by atoms with Gasteiger partial charge in [0.05, 0.1) is 16.7 Å². The molecule has 2 N–H and O–H groups in total. The highest BCUT2D eigenvalue weighted by Crippen LogP contribution is 2.14. The maximum atomic E-state index is 10.8. The molecule has 1 rings (SSSR count). The van der Waals surface area contributed by atoms with Crippen molar-refractivity contribution in [2.45, 2.75) is 0 Å². The Balaban J connectivity index is 2.80. The summed E-state index contributed by atoms with van der Waals surface area (Å²) >= 11 is 0. The number of hydrogen-bond donors (Lipinski definition) is 2. The van der Waals surface area contributed by atoms with E-state index in [1.165, 1.54) is 25.4 Å². The van der Waals surface area contributed by atoms with Gasteiger partial charge in [-0.3, -0.25) is 10.1 Å². The van der Waals surface area contributed by atoms with Gasteiger partial charge in [0.2, 0.25) is 0 Å². The first-order valence-corrected chi connectivity index (χ1v) is 4.39. The highest BCUT2D eigenvalue weighted by Gasteiger charge is 2.09. The van der Waals surface area contributed by atoms with E-state index in [0.717, 1.165) is 0 Å². The van der Waals surface area contributed by atoms with Crippen LogP contribution >= 0.6 is 0 Å². The summed E-state index contributed by atoms with van der Waals surface area (Å²) in [6.45, 7) is 0. The number of para-hydroxylation sites is 1. The number of hydrazone groups is 1. The number of amides is 2. The van der Waals surface area contributed by atoms with E-state index < -0.39 is 11.0 Å². The Morgan fingerprint density at radius 2 is 2.19 bits per heavy atom. The summed E-state index contributed by atoms with van der Waals surface area (Å²) in [6, 6.07) is 5.61. The fourth-order valence-electron chi connectivity index (χ4n) is 0.979. The normalized spacial score (nSPS) is 10.1. The van der Waals surface area contributed by atoms with Crippen LogP contribution in [-0.2, 0) is 0 Å². The summed E-state index contributed by atoms with van der Waals surface area (Å²) in [5.41, 5.74) is 2.40. The van der Waals surface area contributed by atoms with Crippen LogP contribution in [-0.4, -0.2) is 24.2 Å². The van der Waals surface area contributed by atoms with Crippen molar-refractivity contribution in [2.24, 2.45) is 5.10 Å². The molecule has 1 aromatic rings. The maximum absolute atomic E-state index is 10.8. The Kier molecular flexibility index (Phi) is 3.96. The summed E-state index contributed by atoms with van der Waals surface area (Å²) in [7, 11) is 1.44. The topological polar surface area (TPSA) is 96.6 Å². The van der Waals surface area contributed by atoms with Gasteiger partial charge in [-0.05, 0) is 6.07 Å². The molecule has 0 unspecified atom stereocenters.